The predicted molar refractivity (Wildman–Crippen MR) is 76.1 cm³/mol. The van der Waals surface area contributed by atoms with Crippen molar-refractivity contribution in [2.75, 3.05) is 32.1 Å². The van der Waals surface area contributed by atoms with Gasteiger partial charge in [-0.05, 0) is 31.0 Å². The molecule has 0 fully saturated rings. The first-order chi connectivity index (χ1) is 8.95. The highest BCUT2D eigenvalue weighted by atomic mass is 16.3. The van der Waals surface area contributed by atoms with E-state index in [2.05, 4.69) is 11.9 Å². The average molecular weight is 265 g/mol. The van der Waals surface area contributed by atoms with E-state index in [4.69, 9.17) is 0 Å². The van der Waals surface area contributed by atoms with Gasteiger partial charge in [-0.25, -0.2) is 4.98 Å². The Morgan fingerprint density at radius 2 is 2.16 bits per heavy atom. The van der Waals surface area contributed by atoms with E-state index in [0.29, 0.717) is 6.54 Å². The molecule has 1 amide bonds. The Kier molecular flexibility index (Phi) is 5.76. The number of carbonyl (C=O) groups excluding carboxylic acids is 1. The molecule has 1 aromatic heterocycles. The Balaban J connectivity index is 2.92. The minimum Gasteiger partial charge on any atom is -0.389 e. The summed E-state index contributed by atoms with van der Waals surface area (Å²) in [5.41, 5.74) is 0.809. The Bertz CT molecular complexity index is 419. The molecule has 0 aromatic carbocycles. The van der Waals surface area contributed by atoms with Gasteiger partial charge >= 0.3 is 0 Å². The topological polar surface area (TPSA) is 56.7 Å². The Morgan fingerprint density at radius 1 is 1.47 bits per heavy atom. The maximum atomic E-state index is 11.8. The van der Waals surface area contributed by atoms with Crippen molar-refractivity contribution in [3.63, 3.8) is 0 Å². The van der Waals surface area contributed by atoms with E-state index < -0.39 is 6.10 Å². The number of carbonyl (C=O) groups is 1. The molecule has 0 saturated heterocycles. The van der Waals surface area contributed by atoms with E-state index >= 15 is 0 Å². The van der Waals surface area contributed by atoms with Crippen LogP contribution < -0.4 is 4.90 Å². The number of hydrogen-bond donors (Lipinski definition) is 1. The van der Waals surface area contributed by atoms with Gasteiger partial charge in [0.2, 0.25) is 5.91 Å². The maximum Gasteiger partial charge on any atom is 0.241 e. The fourth-order valence-corrected chi connectivity index (χ4v) is 1.72. The molecule has 0 bridgehead atoms. The summed E-state index contributed by atoms with van der Waals surface area (Å²) in [6, 6.07) is 3.62. The lowest BCUT2D eigenvalue weighted by molar-refractivity contribution is -0.127. The highest BCUT2D eigenvalue weighted by Crippen LogP contribution is 2.18. The zero-order chi connectivity index (χ0) is 14.4. The summed E-state index contributed by atoms with van der Waals surface area (Å²) in [5, 5.41) is 9.61. The molecule has 5 nitrogen and oxygen atoms in total. The van der Waals surface area contributed by atoms with Gasteiger partial charge in [-0.15, -0.1) is 0 Å². The van der Waals surface area contributed by atoms with Crippen LogP contribution in [0.5, 0.6) is 0 Å². The third-order valence-corrected chi connectivity index (χ3v) is 2.89. The number of aliphatic hydroxyl groups excluding tert-OH is 1. The fraction of sp³-hybridized carbons (Fsp3) is 0.571. The van der Waals surface area contributed by atoms with E-state index in [1.165, 1.54) is 0 Å². The normalized spacial score (nSPS) is 12.1. The summed E-state index contributed by atoms with van der Waals surface area (Å²) in [5.74, 6) is 0.771. The summed E-state index contributed by atoms with van der Waals surface area (Å²) < 4.78 is 0. The van der Waals surface area contributed by atoms with Gasteiger partial charge in [0, 0.05) is 26.8 Å². The van der Waals surface area contributed by atoms with Gasteiger partial charge in [0.25, 0.3) is 0 Å². The fourth-order valence-electron chi connectivity index (χ4n) is 1.72. The molecule has 1 atom stereocenters. The lowest BCUT2D eigenvalue weighted by atomic mass is 10.1. The number of anilines is 1. The molecule has 0 aliphatic rings. The Labute approximate surface area is 114 Å². The van der Waals surface area contributed by atoms with Gasteiger partial charge in [-0.2, -0.15) is 0 Å². The van der Waals surface area contributed by atoms with Crippen molar-refractivity contribution >= 4 is 11.7 Å². The quantitative estimate of drug-likeness (QED) is 0.845. The third kappa shape index (κ3) is 4.52. The number of amides is 1. The van der Waals surface area contributed by atoms with Gasteiger partial charge in [-0.3, -0.25) is 4.79 Å². The number of likely N-dealkylation sites (N-methyl/N-ethyl adjacent to an activating group) is 1. The highest BCUT2D eigenvalue weighted by molar-refractivity contribution is 5.80. The molecular formula is C14H23N3O2. The summed E-state index contributed by atoms with van der Waals surface area (Å²) >= 11 is 0. The molecule has 106 valence electrons. The lowest BCUT2D eigenvalue weighted by Gasteiger charge is -2.24. The lowest BCUT2D eigenvalue weighted by Crippen LogP contribution is -2.37. The predicted octanol–water partition coefficient (Wildman–Crippen LogP) is 1.44. The van der Waals surface area contributed by atoms with Crippen LogP contribution in [0.2, 0.25) is 0 Å². The average Bonchev–Trinajstić information content (AvgIpc) is 2.38. The summed E-state index contributed by atoms with van der Waals surface area (Å²) in [6.07, 6.45) is 2.07. The van der Waals surface area contributed by atoms with Crippen LogP contribution in [-0.2, 0) is 4.79 Å². The van der Waals surface area contributed by atoms with Gasteiger partial charge in [-0.1, -0.05) is 6.92 Å². The molecule has 1 heterocycles. The number of pyridine rings is 1. The van der Waals surface area contributed by atoms with Crippen molar-refractivity contribution in [1.29, 1.82) is 0 Å². The van der Waals surface area contributed by atoms with Crippen molar-refractivity contribution in [2.24, 2.45) is 0 Å². The largest absolute Gasteiger partial charge is 0.389 e. The second-order valence-corrected chi connectivity index (χ2v) is 4.83. The molecule has 19 heavy (non-hydrogen) atoms. The van der Waals surface area contributed by atoms with E-state index in [1.54, 1.807) is 38.2 Å². The van der Waals surface area contributed by atoms with E-state index in [0.717, 1.165) is 24.3 Å². The maximum absolute atomic E-state index is 11.8. The number of aliphatic hydroxyl groups is 1. The molecule has 5 heteroatoms. The van der Waals surface area contributed by atoms with Gasteiger partial charge in [0.05, 0.1) is 12.6 Å². The monoisotopic (exact) mass is 265 g/mol. The van der Waals surface area contributed by atoms with Crippen LogP contribution >= 0.6 is 0 Å². The molecule has 1 aromatic rings. The summed E-state index contributed by atoms with van der Waals surface area (Å²) in [4.78, 5) is 19.6. The van der Waals surface area contributed by atoms with E-state index in [-0.39, 0.29) is 5.91 Å². The minimum atomic E-state index is -0.533. The van der Waals surface area contributed by atoms with Gasteiger partial charge < -0.3 is 14.9 Å². The first kappa shape index (κ1) is 15.4. The van der Waals surface area contributed by atoms with E-state index in [1.807, 2.05) is 11.0 Å². The first-order valence-corrected chi connectivity index (χ1v) is 6.54. The highest BCUT2D eigenvalue weighted by Gasteiger charge is 2.14. The summed E-state index contributed by atoms with van der Waals surface area (Å²) in [6.45, 7) is 4.84. The van der Waals surface area contributed by atoms with E-state index in [9.17, 15) is 9.90 Å². The third-order valence-electron chi connectivity index (χ3n) is 2.89. The van der Waals surface area contributed by atoms with Gasteiger partial charge in [0.1, 0.15) is 5.82 Å². The van der Waals surface area contributed by atoms with Crippen molar-refractivity contribution in [1.82, 2.24) is 9.88 Å². The van der Waals surface area contributed by atoms with Crippen molar-refractivity contribution in [3.8, 4) is 0 Å². The smallest absolute Gasteiger partial charge is 0.241 e. The molecular weight excluding hydrogens is 242 g/mol. The van der Waals surface area contributed by atoms with Crippen molar-refractivity contribution in [2.45, 2.75) is 26.4 Å². The van der Waals surface area contributed by atoms with Crippen LogP contribution in [0.3, 0.4) is 0 Å². The second-order valence-electron chi connectivity index (χ2n) is 4.83. The minimum absolute atomic E-state index is 0.0395. The second kappa shape index (κ2) is 7.09. The SMILES string of the molecule is CCCN(CC(=O)N(C)C)c1cc(C(C)O)ccn1. The number of hydrogen-bond acceptors (Lipinski definition) is 4. The van der Waals surface area contributed by atoms with Crippen molar-refractivity contribution in [3.05, 3.63) is 23.9 Å². The van der Waals surface area contributed by atoms with Crippen LogP contribution in [0, 0.1) is 0 Å². The van der Waals surface area contributed by atoms with Crippen LogP contribution in [0.15, 0.2) is 18.3 Å². The molecule has 1 unspecified atom stereocenters. The first-order valence-electron chi connectivity index (χ1n) is 6.54. The molecule has 0 spiro atoms. The van der Waals surface area contributed by atoms with Crippen LogP contribution in [0.25, 0.3) is 0 Å². The number of aromatic nitrogens is 1. The van der Waals surface area contributed by atoms with Crippen LogP contribution in [0.4, 0.5) is 5.82 Å². The van der Waals surface area contributed by atoms with Crippen LogP contribution in [-0.4, -0.2) is 48.1 Å². The molecule has 0 radical (unpaired) electrons. The summed E-state index contributed by atoms with van der Waals surface area (Å²) in [7, 11) is 3.48. The van der Waals surface area contributed by atoms with Crippen molar-refractivity contribution < 1.29 is 9.90 Å². The molecule has 1 rings (SSSR count). The Morgan fingerprint density at radius 3 is 2.68 bits per heavy atom. The van der Waals surface area contributed by atoms with Gasteiger partial charge in [0.15, 0.2) is 0 Å². The van der Waals surface area contributed by atoms with Crippen LogP contribution in [0.1, 0.15) is 31.9 Å². The zero-order valence-corrected chi connectivity index (χ0v) is 12.1. The Hall–Kier alpha value is -1.62. The number of nitrogens with zero attached hydrogens (tertiary/aromatic N) is 3. The molecule has 0 aliphatic heterocycles. The standard InChI is InChI=1S/C14H23N3O2/c1-5-8-17(10-14(19)16(3)4)13-9-12(11(2)18)6-7-15-13/h6-7,9,11,18H,5,8,10H2,1-4H3. The molecule has 0 aliphatic carbocycles. The number of rotatable bonds is 6. The molecule has 1 N–H and O–H groups in total. The molecule has 0 saturated carbocycles. The zero-order valence-electron chi connectivity index (χ0n) is 12.1.